The number of carbonyl (C=O) groups is 2. The summed E-state index contributed by atoms with van der Waals surface area (Å²) in [5.74, 6) is -1.05. The molecule has 1 atom stereocenters. The van der Waals surface area contributed by atoms with Crippen molar-refractivity contribution in [1.82, 2.24) is 0 Å². The summed E-state index contributed by atoms with van der Waals surface area (Å²) in [5.41, 5.74) is 4.92. The van der Waals surface area contributed by atoms with E-state index >= 15 is 0 Å². The Hall–Kier alpha value is -0.900. The second-order valence-corrected chi connectivity index (χ2v) is 1.40. The average molecular weight is 117 g/mol. The van der Waals surface area contributed by atoms with Gasteiger partial charge in [-0.1, -0.05) is 0 Å². The quantitative estimate of drug-likeness (QED) is 0.464. The fraction of sp³-hybridized carbons (Fsp3) is 0.500. The minimum Gasteiger partial charge on any atom is -0.481 e. The van der Waals surface area contributed by atoms with Crippen molar-refractivity contribution in [3.8, 4) is 0 Å². The molecule has 4 nitrogen and oxygen atoms in total. The highest BCUT2D eigenvalue weighted by atomic mass is 16.4. The number of aldehydes is 1. The standard InChI is InChI=1S/C4H7NO3/c5-3(2-6)1-4(7)8/h2-3H,1,5H2,(H,7,8). The van der Waals surface area contributed by atoms with Crippen LogP contribution in [0, 0.1) is 0 Å². The van der Waals surface area contributed by atoms with Crippen LogP contribution in [-0.2, 0) is 9.59 Å². The summed E-state index contributed by atoms with van der Waals surface area (Å²) in [6.07, 6.45) is 0.123. The minimum atomic E-state index is -1.05. The van der Waals surface area contributed by atoms with E-state index in [1.165, 1.54) is 0 Å². The Balaban J connectivity index is 3.38. The van der Waals surface area contributed by atoms with Crippen LogP contribution in [0.4, 0.5) is 0 Å². The number of rotatable bonds is 3. The Kier molecular flexibility index (Phi) is 2.79. The van der Waals surface area contributed by atoms with Crippen LogP contribution >= 0.6 is 0 Å². The minimum absolute atomic E-state index is 0.288. The summed E-state index contributed by atoms with van der Waals surface area (Å²) in [6, 6.07) is -0.854. The monoisotopic (exact) mass is 117 g/mol. The van der Waals surface area contributed by atoms with Gasteiger partial charge in [-0.25, -0.2) is 0 Å². The van der Waals surface area contributed by atoms with Gasteiger partial charge in [0.15, 0.2) is 0 Å². The van der Waals surface area contributed by atoms with E-state index in [0.29, 0.717) is 6.29 Å². The molecule has 0 aromatic heterocycles. The zero-order valence-corrected chi connectivity index (χ0v) is 4.20. The van der Waals surface area contributed by atoms with Gasteiger partial charge in [-0.15, -0.1) is 0 Å². The highest BCUT2D eigenvalue weighted by Crippen LogP contribution is 1.80. The van der Waals surface area contributed by atoms with Crippen molar-refractivity contribution in [2.75, 3.05) is 0 Å². The third-order valence-corrected chi connectivity index (χ3v) is 0.585. The number of carboxylic acids is 1. The summed E-state index contributed by atoms with van der Waals surface area (Å²) >= 11 is 0. The summed E-state index contributed by atoms with van der Waals surface area (Å²) in [4.78, 5) is 19.4. The molecule has 0 aromatic carbocycles. The number of aliphatic carboxylic acids is 1. The van der Waals surface area contributed by atoms with Crippen LogP contribution in [0.2, 0.25) is 0 Å². The van der Waals surface area contributed by atoms with Gasteiger partial charge >= 0.3 is 5.97 Å². The Morgan fingerprint density at radius 3 is 2.50 bits per heavy atom. The van der Waals surface area contributed by atoms with Gasteiger partial charge in [0.05, 0.1) is 12.5 Å². The van der Waals surface area contributed by atoms with Crippen molar-refractivity contribution in [2.24, 2.45) is 5.73 Å². The van der Waals surface area contributed by atoms with Crippen molar-refractivity contribution in [3.63, 3.8) is 0 Å². The Labute approximate surface area is 46.3 Å². The molecule has 0 aromatic rings. The van der Waals surface area contributed by atoms with E-state index in [-0.39, 0.29) is 6.42 Å². The molecule has 0 aliphatic rings. The van der Waals surface area contributed by atoms with Gasteiger partial charge in [0.2, 0.25) is 0 Å². The van der Waals surface area contributed by atoms with Gasteiger partial charge in [-0.3, -0.25) is 4.79 Å². The molecule has 0 radical (unpaired) electrons. The van der Waals surface area contributed by atoms with Crippen LogP contribution in [0.1, 0.15) is 6.42 Å². The first-order chi connectivity index (χ1) is 3.66. The van der Waals surface area contributed by atoms with Crippen molar-refractivity contribution in [2.45, 2.75) is 12.5 Å². The normalized spacial score (nSPS) is 12.6. The third-order valence-electron chi connectivity index (χ3n) is 0.585. The number of carboxylic acid groups (broad SMARTS) is 1. The van der Waals surface area contributed by atoms with Crippen LogP contribution < -0.4 is 5.73 Å². The van der Waals surface area contributed by atoms with Crippen LogP contribution in [0.15, 0.2) is 0 Å². The molecule has 3 N–H and O–H groups in total. The largest absolute Gasteiger partial charge is 0.481 e. The second kappa shape index (κ2) is 3.15. The molecular formula is C4H7NO3. The van der Waals surface area contributed by atoms with Crippen LogP contribution in [-0.4, -0.2) is 23.4 Å². The van der Waals surface area contributed by atoms with E-state index in [4.69, 9.17) is 10.8 Å². The Morgan fingerprint density at radius 2 is 2.38 bits per heavy atom. The lowest BCUT2D eigenvalue weighted by Crippen LogP contribution is -2.24. The summed E-state index contributed by atoms with van der Waals surface area (Å²) in [6.45, 7) is 0. The topological polar surface area (TPSA) is 80.4 Å². The fourth-order valence-corrected chi connectivity index (χ4v) is 0.250. The summed E-state index contributed by atoms with van der Waals surface area (Å²) in [7, 11) is 0. The highest BCUT2D eigenvalue weighted by Gasteiger charge is 2.03. The fourth-order valence-electron chi connectivity index (χ4n) is 0.250. The molecule has 0 fully saturated rings. The first-order valence-corrected chi connectivity index (χ1v) is 2.09. The third kappa shape index (κ3) is 3.30. The average Bonchev–Trinajstić information content (AvgIpc) is 1.65. The molecule has 0 aliphatic carbocycles. The summed E-state index contributed by atoms with van der Waals surface area (Å²) in [5, 5.41) is 7.98. The van der Waals surface area contributed by atoms with Gasteiger partial charge in [0.1, 0.15) is 6.29 Å². The molecule has 0 spiro atoms. The van der Waals surface area contributed by atoms with Gasteiger partial charge in [0.25, 0.3) is 0 Å². The Morgan fingerprint density at radius 1 is 1.88 bits per heavy atom. The molecule has 1 unspecified atom stereocenters. The molecule has 0 saturated carbocycles. The lowest BCUT2D eigenvalue weighted by Gasteiger charge is -1.94. The second-order valence-electron chi connectivity index (χ2n) is 1.40. The zero-order valence-electron chi connectivity index (χ0n) is 4.20. The highest BCUT2D eigenvalue weighted by molar-refractivity contribution is 5.73. The lowest BCUT2D eigenvalue weighted by atomic mass is 10.2. The van der Waals surface area contributed by atoms with E-state index in [9.17, 15) is 9.59 Å². The van der Waals surface area contributed by atoms with E-state index in [1.807, 2.05) is 0 Å². The van der Waals surface area contributed by atoms with E-state index in [1.54, 1.807) is 0 Å². The van der Waals surface area contributed by atoms with Crippen LogP contribution in [0.5, 0.6) is 0 Å². The number of nitrogens with two attached hydrogens (primary N) is 1. The molecule has 0 heterocycles. The number of hydrogen-bond donors (Lipinski definition) is 2. The van der Waals surface area contributed by atoms with Crippen molar-refractivity contribution < 1.29 is 14.7 Å². The van der Waals surface area contributed by atoms with E-state index in [0.717, 1.165) is 0 Å². The maximum absolute atomic E-state index is 9.73. The maximum Gasteiger partial charge on any atom is 0.305 e. The number of hydrogen-bond acceptors (Lipinski definition) is 3. The molecule has 0 aliphatic heterocycles. The van der Waals surface area contributed by atoms with E-state index in [2.05, 4.69) is 0 Å². The lowest BCUT2D eigenvalue weighted by molar-refractivity contribution is -0.138. The molecule has 0 amide bonds. The number of carbonyl (C=O) groups excluding carboxylic acids is 1. The van der Waals surface area contributed by atoms with Gasteiger partial charge in [-0.05, 0) is 0 Å². The molecule has 0 rings (SSSR count). The predicted octanol–water partition coefficient (Wildman–Crippen LogP) is -1.01. The molecule has 8 heavy (non-hydrogen) atoms. The van der Waals surface area contributed by atoms with Gasteiger partial charge < -0.3 is 15.6 Å². The van der Waals surface area contributed by atoms with Crippen LogP contribution in [0.3, 0.4) is 0 Å². The predicted molar refractivity (Wildman–Crippen MR) is 26.3 cm³/mol. The Bertz CT molecular complexity index is 101. The first kappa shape index (κ1) is 7.10. The molecule has 4 heteroatoms. The maximum atomic E-state index is 9.73. The van der Waals surface area contributed by atoms with Crippen LogP contribution in [0.25, 0.3) is 0 Å². The SMILES string of the molecule is NC(C=O)CC(=O)O. The molecular weight excluding hydrogens is 110 g/mol. The first-order valence-electron chi connectivity index (χ1n) is 2.09. The van der Waals surface area contributed by atoms with E-state index < -0.39 is 12.0 Å². The molecule has 0 saturated heterocycles. The zero-order chi connectivity index (χ0) is 6.57. The van der Waals surface area contributed by atoms with Crippen molar-refractivity contribution in [1.29, 1.82) is 0 Å². The summed E-state index contributed by atoms with van der Waals surface area (Å²) < 4.78 is 0. The van der Waals surface area contributed by atoms with Gasteiger partial charge in [0, 0.05) is 0 Å². The smallest absolute Gasteiger partial charge is 0.305 e. The van der Waals surface area contributed by atoms with Crippen molar-refractivity contribution in [3.05, 3.63) is 0 Å². The van der Waals surface area contributed by atoms with Crippen molar-refractivity contribution >= 4 is 12.3 Å². The molecule has 46 valence electrons. The van der Waals surface area contributed by atoms with Gasteiger partial charge in [-0.2, -0.15) is 0 Å². The molecule has 0 bridgehead atoms.